The normalized spacial score (nSPS) is 12.7. The summed E-state index contributed by atoms with van der Waals surface area (Å²) in [5.74, 6) is 0.923. The monoisotopic (exact) mass is 320 g/mol. The molecule has 0 saturated heterocycles. The van der Waals surface area contributed by atoms with E-state index in [1.165, 1.54) is 0 Å². The summed E-state index contributed by atoms with van der Waals surface area (Å²) in [4.78, 5) is 11.9. The molecule has 0 bridgehead atoms. The summed E-state index contributed by atoms with van der Waals surface area (Å²) in [6.07, 6.45) is 1.68. The third kappa shape index (κ3) is 2.61. The molecule has 4 rings (SSSR count). The number of furan rings is 1. The van der Waals surface area contributed by atoms with Gasteiger partial charge in [-0.05, 0) is 35.9 Å². The van der Waals surface area contributed by atoms with Gasteiger partial charge in [0.05, 0.1) is 6.26 Å². The summed E-state index contributed by atoms with van der Waals surface area (Å²) >= 11 is 0. The van der Waals surface area contributed by atoms with E-state index in [9.17, 15) is 4.79 Å². The van der Waals surface area contributed by atoms with Crippen LogP contribution in [0.1, 0.15) is 24.3 Å². The molecule has 2 aromatic carbocycles. The molecule has 2 heterocycles. The van der Waals surface area contributed by atoms with Gasteiger partial charge in [-0.15, -0.1) is 0 Å². The fourth-order valence-electron chi connectivity index (χ4n) is 3.15. The van der Waals surface area contributed by atoms with Crippen LogP contribution in [-0.2, 0) is 6.54 Å². The Hall–Kier alpha value is -2.85. The Kier molecular flexibility index (Phi) is 3.67. The van der Waals surface area contributed by atoms with Crippen LogP contribution in [0.15, 0.2) is 74.5 Å². The lowest BCUT2D eigenvalue weighted by atomic mass is 10.0. The van der Waals surface area contributed by atoms with Crippen LogP contribution in [0.3, 0.4) is 0 Å². The van der Waals surface area contributed by atoms with Crippen LogP contribution in [0, 0.1) is 0 Å². The Morgan fingerprint density at radius 1 is 1.08 bits per heavy atom. The summed E-state index contributed by atoms with van der Waals surface area (Å²) in [6, 6.07) is 17.6. The smallest absolute Gasteiger partial charge is 0.336 e. The van der Waals surface area contributed by atoms with E-state index >= 15 is 0 Å². The average Bonchev–Trinajstić information content (AvgIpc) is 3.13. The fourth-order valence-corrected chi connectivity index (χ4v) is 3.15. The molecule has 0 unspecified atom stereocenters. The number of hydrogen-bond acceptors (Lipinski definition) is 3. The zero-order valence-corrected chi connectivity index (χ0v) is 13.4. The molecule has 0 saturated carbocycles. The zero-order chi connectivity index (χ0) is 16.5. The molecule has 120 valence electrons. The number of benzene rings is 2. The Balaban J connectivity index is 1.79. The Labute approximate surface area is 138 Å². The molecule has 4 nitrogen and oxygen atoms in total. The first-order valence-electron chi connectivity index (χ1n) is 8.03. The molecular weight excluding hydrogens is 302 g/mol. The summed E-state index contributed by atoms with van der Waals surface area (Å²) in [5.41, 5.74) is 1.30. The fraction of sp³-hybridized carbons (Fsp3) is 0.150. The number of rotatable bonds is 4. The predicted molar refractivity (Wildman–Crippen MR) is 92.7 cm³/mol. The van der Waals surface area contributed by atoms with Crippen molar-refractivity contribution >= 4 is 21.7 Å². The molecule has 24 heavy (non-hydrogen) atoms. The summed E-state index contributed by atoms with van der Waals surface area (Å²) in [5, 5.41) is 5.41. The lowest BCUT2D eigenvalue weighted by Crippen LogP contribution is -2.83. The van der Waals surface area contributed by atoms with Gasteiger partial charge in [0.25, 0.3) is 0 Å². The van der Waals surface area contributed by atoms with Gasteiger partial charge in [0.1, 0.15) is 18.2 Å². The molecule has 0 radical (unpaired) electrons. The van der Waals surface area contributed by atoms with Gasteiger partial charge in [0.15, 0.2) is 5.76 Å². The van der Waals surface area contributed by atoms with Gasteiger partial charge < -0.3 is 14.2 Å². The number of quaternary nitrogens is 1. The van der Waals surface area contributed by atoms with Crippen molar-refractivity contribution < 1.29 is 14.2 Å². The first-order chi connectivity index (χ1) is 11.7. The standard InChI is InChI=1S/C20H17NO3/c1-13(17-7-4-10-23-17)21-12-15-11-19(22)24-18-9-8-14-5-2-3-6-16(14)20(15)18/h2-11,13,21H,12H2,1H3/p+1/t13-/m1/s1. The predicted octanol–water partition coefficient (Wildman–Crippen LogP) is 3.36. The molecule has 0 aliphatic heterocycles. The molecule has 0 aliphatic rings. The minimum absolute atomic E-state index is 0.178. The Morgan fingerprint density at radius 2 is 1.96 bits per heavy atom. The highest BCUT2D eigenvalue weighted by atomic mass is 16.4. The highest BCUT2D eigenvalue weighted by Gasteiger charge is 2.15. The van der Waals surface area contributed by atoms with Crippen molar-refractivity contribution in [1.29, 1.82) is 0 Å². The van der Waals surface area contributed by atoms with E-state index in [1.807, 2.05) is 36.4 Å². The van der Waals surface area contributed by atoms with E-state index < -0.39 is 0 Å². The average molecular weight is 320 g/mol. The maximum absolute atomic E-state index is 11.9. The highest BCUT2D eigenvalue weighted by Crippen LogP contribution is 2.27. The Morgan fingerprint density at radius 3 is 2.79 bits per heavy atom. The molecule has 2 N–H and O–H groups in total. The van der Waals surface area contributed by atoms with Gasteiger partial charge in [0, 0.05) is 17.0 Å². The van der Waals surface area contributed by atoms with Crippen molar-refractivity contribution in [1.82, 2.24) is 0 Å². The van der Waals surface area contributed by atoms with Crippen LogP contribution in [0.25, 0.3) is 21.7 Å². The van der Waals surface area contributed by atoms with Crippen molar-refractivity contribution in [3.8, 4) is 0 Å². The van der Waals surface area contributed by atoms with E-state index in [2.05, 4.69) is 24.4 Å². The van der Waals surface area contributed by atoms with Crippen molar-refractivity contribution in [2.24, 2.45) is 0 Å². The van der Waals surface area contributed by atoms with Crippen LogP contribution in [-0.4, -0.2) is 0 Å². The van der Waals surface area contributed by atoms with Gasteiger partial charge in [0.2, 0.25) is 0 Å². The first kappa shape index (κ1) is 14.7. The van der Waals surface area contributed by atoms with Gasteiger partial charge >= 0.3 is 5.63 Å². The molecule has 0 aliphatic carbocycles. The number of nitrogens with two attached hydrogens (primary N) is 1. The largest absolute Gasteiger partial charge is 0.463 e. The van der Waals surface area contributed by atoms with Crippen molar-refractivity contribution in [3.05, 3.63) is 82.6 Å². The molecular formula is C20H18NO3+. The van der Waals surface area contributed by atoms with Crippen molar-refractivity contribution in [3.63, 3.8) is 0 Å². The SMILES string of the molecule is C[C@@H]([NH2+]Cc1cc(=O)oc2ccc3ccccc3c12)c1ccco1. The lowest BCUT2D eigenvalue weighted by Gasteiger charge is -2.11. The highest BCUT2D eigenvalue weighted by molar-refractivity contribution is 6.06. The summed E-state index contributed by atoms with van der Waals surface area (Å²) in [6.45, 7) is 2.77. The maximum atomic E-state index is 11.9. The van der Waals surface area contributed by atoms with Crippen LogP contribution in [0.2, 0.25) is 0 Å². The first-order valence-corrected chi connectivity index (χ1v) is 8.03. The number of hydrogen-bond donors (Lipinski definition) is 1. The summed E-state index contributed by atoms with van der Waals surface area (Å²) < 4.78 is 10.9. The summed E-state index contributed by atoms with van der Waals surface area (Å²) in [7, 11) is 0. The van der Waals surface area contributed by atoms with Gasteiger partial charge in [-0.3, -0.25) is 0 Å². The third-order valence-corrected chi connectivity index (χ3v) is 4.40. The van der Waals surface area contributed by atoms with Crippen molar-refractivity contribution in [2.75, 3.05) is 0 Å². The zero-order valence-electron chi connectivity index (χ0n) is 13.4. The van der Waals surface area contributed by atoms with Crippen molar-refractivity contribution in [2.45, 2.75) is 19.5 Å². The minimum atomic E-state index is -0.313. The van der Waals surface area contributed by atoms with Crippen LogP contribution in [0.5, 0.6) is 0 Å². The van der Waals surface area contributed by atoms with E-state index in [0.717, 1.165) is 27.5 Å². The molecule has 0 amide bonds. The molecule has 0 spiro atoms. The van der Waals surface area contributed by atoms with Gasteiger partial charge in [-0.25, -0.2) is 4.79 Å². The van der Waals surface area contributed by atoms with Crippen LogP contribution < -0.4 is 10.9 Å². The molecule has 4 aromatic rings. The van der Waals surface area contributed by atoms with Crippen LogP contribution >= 0.6 is 0 Å². The van der Waals surface area contributed by atoms with E-state index in [4.69, 9.17) is 8.83 Å². The maximum Gasteiger partial charge on any atom is 0.336 e. The molecule has 2 aromatic heterocycles. The third-order valence-electron chi connectivity index (χ3n) is 4.40. The molecule has 0 fully saturated rings. The molecule has 1 atom stereocenters. The van der Waals surface area contributed by atoms with Crippen LogP contribution in [0.4, 0.5) is 0 Å². The minimum Gasteiger partial charge on any atom is -0.463 e. The van der Waals surface area contributed by atoms with Gasteiger partial charge in [-0.2, -0.15) is 0 Å². The van der Waals surface area contributed by atoms with Gasteiger partial charge in [-0.1, -0.05) is 30.3 Å². The molecule has 4 heteroatoms. The second-order valence-electron chi connectivity index (χ2n) is 5.99. The topological polar surface area (TPSA) is 60.0 Å². The second kappa shape index (κ2) is 5.98. The van der Waals surface area contributed by atoms with E-state index in [1.54, 1.807) is 12.3 Å². The Bertz CT molecular complexity index is 1050. The van der Waals surface area contributed by atoms with E-state index in [0.29, 0.717) is 12.1 Å². The van der Waals surface area contributed by atoms with E-state index in [-0.39, 0.29) is 11.7 Å². The lowest BCUT2D eigenvalue weighted by molar-refractivity contribution is -0.709. The quantitative estimate of drug-likeness (QED) is 0.463. The number of fused-ring (bicyclic) bond motifs is 3. The second-order valence-corrected chi connectivity index (χ2v) is 5.99.